The fraction of sp³-hybridized carbons (Fsp3) is 0.533. The average Bonchev–Trinajstić information content (AvgIpc) is 3.12. The molecule has 0 spiro atoms. The molecule has 1 heterocycles. The molecule has 2 atom stereocenters. The Bertz CT molecular complexity index is 439. The van der Waals surface area contributed by atoms with Gasteiger partial charge in [-0.05, 0) is 30.9 Å². The van der Waals surface area contributed by atoms with Crippen molar-refractivity contribution in [1.29, 1.82) is 0 Å². The summed E-state index contributed by atoms with van der Waals surface area (Å²) in [5.74, 6) is 0.745. The van der Waals surface area contributed by atoms with Gasteiger partial charge < -0.3 is 10.6 Å². The molecule has 2 unspecified atom stereocenters. The van der Waals surface area contributed by atoms with Gasteiger partial charge in [-0.15, -0.1) is 0 Å². The van der Waals surface area contributed by atoms with Crippen molar-refractivity contribution < 1.29 is 4.79 Å². The Morgan fingerprint density at radius 1 is 1.28 bits per heavy atom. The number of amides is 1. The highest BCUT2D eigenvalue weighted by Gasteiger charge is 2.51. The van der Waals surface area contributed by atoms with Crippen molar-refractivity contribution in [3.05, 3.63) is 35.9 Å². The molecule has 1 saturated carbocycles. The summed E-state index contributed by atoms with van der Waals surface area (Å²) in [6.45, 7) is 4.09. The Morgan fingerprint density at radius 2 is 2.00 bits per heavy atom. The highest BCUT2D eigenvalue weighted by Crippen LogP contribution is 2.48. The van der Waals surface area contributed by atoms with Crippen LogP contribution in [0.1, 0.15) is 25.3 Å². The second-order valence-electron chi connectivity index (χ2n) is 5.66. The van der Waals surface area contributed by atoms with Crippen molar-refractivity contribution in [2.75, 3.05) is 13.1 Å². The molecule has 1 amide bonds. The Hall–Kier alpha value is -1.35. The number of hydrogen-bond acceptors (Lipinski definition) is 2. The van der Waals surface area contributed by atoms with Crippen LogP contribution in [-0.4, -0.2) is 25.0 Å². The Balaban J connectivity index is 1.73. The van der Waals surface area contributed by atoms with Crippen LogP contribution >= 0.6 is 0 Å². The third kappa shape index (κ3) is 1.93. The van der Waals surface area contributed by atoms with Crippen molar-refractivity contribution in [3.8, 4) is 0 Å². The second kappa shape index (κ2) is 4.39. The van der Waals surface area contributed by atoms with Crippen LogP contribution in [0.15, 0.2) is 30.3 Å². The lowest BCUT2D eigenvalue weighted by atomic mass is 9.94. The minimum Gasteiger partial charge on any atom is -0.351 e. The van der Waals surface area contributed by atoms with Gasteiger partial charge in [-0.25, -0.2) is 0 Å². The molecule has 1 saturated heterocycles. The van der Waals surface area contributed by atoms with Crippen LogP contribution in [0.2, 0.25) is 0 Å². The summed E-state index contributed by atoms with van der Waals surface area (Å²) < 4.78 is 0. The number of carbonyl (C=O) groups is 1. The van der Waals surface area contributed by atoms with Gasteiger partial charge >= 0.3 is 0 Å². The molecule has 2 aliphatic rings. The van der Waals surface area contributed by atoms with E-state index in [2.05, 4.69) is 29.7 Å². The lowest BCUT2D eigenvalue weighted by molar-refractivity contribution is -0.124. The largest absolute Gasteiger partial charge is 0.351 e. The van der Waals surface area contributed by atoms with Gasteiger partial charge in [0.1, 0.15) is 0 Å². The molecular weight excluding hydrogens is 224 g/mol. The zero-order valence-electron chi connectivity index (χ0n) is 10.8. The van der Waals surface area contributed by atoms with E-state index in [1.807, 2.05) is 18.2 Å². The van der Waals surface area contributed by atoms with Crippen LogP contribution < -0.4 is 10.6 Å². The summed E-state index contributed by atoms with van der Waals surface area (Å²) in [5.41, 5.74) is 0.935. The maximum absolute atomic E-state index is 12.5. The molecule has 3 rings (SSSR count). The molecule has 1 aliphatic carbocycles. The van der Waals surface area contributed by atoms with Crippen LogP contribution in [-0.2, 0) is 10.2 Å². The molecule has 0 bridgehead atoms. The monoisotopic (exact) mass is 244 g/mol. The van der Waals surface area contributed by atoms with E-state index in [-0.39, 0.29) is 11.3 Å². The van der Waals surface area contributed by atoms with Gasteiger partial charge in [0, 0.05) is 12.6 Å². The predicted molar refractivity (Wildman–Crippen MR) is 71.3 cm³/mol. The average molecular weight is 244 g/mol. The fourth-order valence-corrected chi connectivity index (χ4v) is 2.84. The van der Waals surface area contributed by atoms with Crippen molar-refractivity contribution in [1.82, 2.24) is 10.6 Å². The van der Waals surface area contributed by atoms with E-state index in [1.54, 1.807) is 0 Å². The molecule has 3 nitrogen and oxygen atoms in total. The third-order valence-corrected chi connectivity index (χ3v) is 4.34. The molecule has 0 radical (unpaired) electrons. The summed E-state index contributed by atoms with van der Waals surface area (Å²) >= 11 is 0. The zero-order valence-corrected chi connectivity index (χ0v) is 10.8. The Morgan fingerprint density at radius 3 is 2.56 bits per heavy atom. The van der Waals surface area contributed by atoms with Gasteiger partial charge in [-0.2, -0.15) is 0 Å². The third-order valence-electron chi connectivity index (χ3n) is 4.34. The normalized spacial score (nSPS) is 28.9. The van der Waals surface area contributed by atoms with Crippen LogP contribution in [0.4, 0.5) is 0 Å². The van der Waals surface area contributed by atoms with Crippen molar-refractivity contribution in [2.24, 2.45) is 5.92 Å². The van der Waals surface area contributed by atoms with E-state index >= 15 is 0 Å². The summed E-state index contributed by atoms with van der Waals surface area (Å²) in [7, 11) is 0. The standard InChI is InChI=1S/C15H20N2O/c1-11-9-16-10-13(11)17-14(18)15(7-8-15)12-5-3-2-4-6-12/h2-6,11,13,16H,7-10H2,1H3,(H,17,18). The van der Waals surface area contributed by atoms with E-state index in [0.29, 0.717) is 12.0 Å². The molecular formula is C15H20N2O. The molecule has 96 valence electrons. The first-order valence-corrected chi connectivity index (χ1v) is 6.79. The number of carbonyl (C=O) groups excluding carboxylic acids is 1. The fourth-order valence-electron chi connectivity index (χ4n) is 2.84. The van der Waals surface area contributed by atoms with Crippen LogP contribution in [0.25, 0.3) is 0 Å². The topological polar surface area (TPSA) is 41.1 Å². The summed E-state index contributed by atoms with van der Waals surface area (Å²) in [6, 6.07) is 10.5. The van der Waals surface area contributed by atoms with E-state index < -0.39 is 0 Å². The molecule has 1 aliphatic heterocycles. The maximum atomic E-state index is 12.5. The molecule has 2 fully saturated rings. The summed E-state index contributed by atoms with van der Waals surface area (Å²) in [6.07, 6.45) is 1.97. The highest BCUT2D eigenvalue weighted by molar-refractivity contribution is 5.91. The predicted octanol–water partition coefficient (Wildman–Crippen LogP) is 1.44. The first-order chi connectivity index (χ1) is 8.72. The van der Waals surface area contributed by atoms with E-state index in [0.717, 1.165) is 25.9 Å². The summed E-state index contributed by atoms with van der Waals surface area (Å²) in [5, 5.41) is 6.55. The molecule has 2 N–H and O–H groups in total. The maximum Gasteiger partial charge on any atom is 0.230 e. The first-order valence-electron chi connectivity index (χ1n) is 6.79. The lowest BCUT2D eigenvalue weighted by Crippen LogP contribution is -2.44. The van der Waals surface area contributed by atoms with Gasteiger partial charge in [0.05, 0.1) is 5.41 Å². The van der Waals surface area contributed by atoms with Gasteiger partial charge in [0.2, 0.25) is 5.91 Å². The minimum absolute atomic E-state index is 0.217. The Kier molecular flexibility index (Phi) is 2.86. The van der Waals surface area contributed by atoms with E-state index in [9.17, 15) is 4.79 Å². The van der Waals surface area contributed by atoms with Gasteiger partial charge in [-0.1, -0.05) is 37.3 Å². The zero-order chi connectivity index (χ0) is 12.6. The summed E-state index contributed by atoms with van der Waals surface area (Å²) in [4.78, 5) is 12.5. The van der Waals surface area contributed by atoms with Crippen molar-refractivity contribution >= 4 is 5.91 Å². The first kappa shape index (κ1) is 11.7. The van der Waals surface area contributed by atoms with E-state index in [4.69, 9.17) is 0 Å². The number of hydrogen-bond donors (Lipinski definition) is 2. The smallest absolute Gasteiger partial charge is 0.230 e. The minimum atomic E-state index is -0.233. The Labute approximate surface area is 108 Å². The van der Waals surface area contributed by atoms with Gasteiger partial charge in [0.25, 0.3) is 0 Å². The quantitative estimate of drug-likeness (QED) is 0.845. The van der Waals surface area contributed by atoms with Crippen molar-refractivity contribution in [2.45, 2.75) is 31.2 Å². The van der Waals surface area contributed by atoms with Crippen molar-refractivity contribution in [3.63, 3.8) is 0 Å². The van der Waals surface area contributed by atoms with E-state index in [1.165, 1.54) is 5.56 Å². The van der Waals surface area contributed by atoms with Gasteiger partial charge in [0.15, 0.2) is 0 Å². The second-order valence-corrected chi connectivity index (χ2v) is 5.66. The lowest BCUT2D eigenvalue weighted by Gasteiger charge is -2.21. The molecule has 0 aromatic heterocycles. The molecule has 18 heavy (non-hydrogen) atoms. The SMILES string of the molecule is CC1CNCC1NC(=O)C1(c2ccccc2)CC1. The van der Waals surface area contributed by atoms with Gasteiger partial charge in [-0.3, -0.25) is 4.79 Å². The van der Waals surface area contributed by atoms with Crippen LogP contribution in [0.3, 0.4) is 0 Å². The molecule has 3 heteroatoms. The van der Waals surface area contributed by atoms with Crippen LogP contribution in [0, 0.1) is 5.92 Å². The number of benzene rings is 1. The number of rotatable bonds is 3. The number of nitrogens with one attached hydrogen (secondary N) is 2. The molecule has 1 aromatic carbocycles. The van der Waals surface area contributed by atoms with Crippen LogP contribution in [0.5, 0.6) is 0 Å². The molecule has 1 aromatic rings. The highest BCUT2D eigenvalue weighted by atomic mass is 16.2.